The van der Waals surface area contributed by atoms with Gasteiger partial charge in [-0.25, -0.2) is 0 Å². The monoisotopic (exact) mass is 296 g/mol. The summed E-state index contributed by atoms with van der Waals surface area (Å²) in [6, 6.07) is 0.613. The fraction of sp³-hybridized carbons (Fsp3) is 0.867. The van der Waals surface area contributed by atoms with Crippen molar-refractivity contribution < 1.29 is 9.59 Å². The van der Waals surface area contributed by atoms with Crippen LogP contribution in [0.1, 0.15) is 32.6 Å². The van der Waals surface area contributed by atoms with Gasteiger partial charge in [-0.3, -0.25) is 14.5 Å². The van der Waals surface area contributed by atoms with E-state index in [2.05, 4.69) is 17.1 Å². The van der Waals surface area contributed by atoms with E-state index >= 15 is 0 Å². The van der Waals surface area contributed by atoms with Crippen molar-refractivity contribution >= 4 is 11.8 Å². The van der Waals surface area contributed by atoms with Crippen molar-refractivity contribution in [1.29, 1.82) is 0 Å². The van der Waals surface area contributed by atoms with Crippen LogP contribution in [-0.4, -0.2) is 66.9 Å². The van der Waals surface area contributed by atoms with E-state index in [1.54, 1.807) is 7.05 Å². The van der Waals surface area contributed by atoms with E-state index in [0.29, 0.717) is 25.0 Å². The summed E-state index contributed by atoms with van der Waals surface area (Å²) in [7, 11) is 1.69. The molecule has 0 radical (unpaired) electrons. The van der Waals surface area contributed by atoms with E-state index in [1.165, 1.54) is 11.3 Å². The molecule has 2 rings (SSSR count). The van der Waals surface area contributed by atoms with Gasteiger partial charge in [-0.2, -0.15) is 0 Å². The predicted octanol–water partition coefficient (Wildman–Crippen LogP) is -0.217. The van der Waals surface area contributed by atoms with Gasteiger partial charge in [0.2, 0.25) is 11.8 Å². The number of likely N-dealkylation sites (tertiary alicyclic amines) is 1. The highest BCUT2D eigenvalue weighted by atomic mass is 16.2. The van der Waals surface area contributed by atoms with E-state index in [0.717, 1.165) is 25.8 Å². The van der Waals surface area contributed by atoms with Gasteiger partial charge in [0.05, 0.1) is 13.1 Å². The third-order valence-electron chi connectivity index (χ3n) is 4.56. The summed E-state index contributed by atoms with van der Waals surface area (Å²) < 4.78 is 0. The van der Waals surface area contributed by atoms with Crippen LogP contribution < -0.4 is 11.1 Å². The Kier molecular flexibility index (Phi) is 5.58. The standard InChI is InChI=1S/C15H28N4O2/c1-11-4-3-7-19(13(11)8-16)10-15(21)18(2)9-14(20)17-12-5-6-12/h11-13H,3-10,16H2,1-2H3,(H,17,20). The number of nitrogens with zero attached hydrogens (tertiary/aromatic N) is 2. The quantitative estimate of drug-likeness (QED) is 0.710. The van der Waals surface area contributed by atoms with Crippen LogP contribution in [0.4, 0.5) is 0 Å². The predicted molar refractivity (Wildman–Crippen MR) is 81.6 cm³/mol. The van der Waals surface area contributed by atoms with E-state index < -0.39 is 0 Å². The first-order chi connectivity index (χ1) is 10.0. The number of rotatable bonds is 6. The number of piperidine rings is 1. The molecule has 2 amide bonds. The summed E-state index contributed by atoms with van der Waals surface area (Å²) in [6.45, 7) is 4.20. The van der Waals surface area contributed by atoms with Crippen LogP contribution in [-0.2, 0) is 9.59 Å². The molecule has 6 heteroatoms. The number of carbonyl (C=O) groups is 2. The van der Waals surface area contributed by atoms with Crippen LogP contribution in [0.2, 0.25) is 0 Å². The van der Waals surface area contributed by atoms with Crippen LogP contribution in [0.5, 0.6) is 0 Å². The Morgan fingerprint density at radius 1 is 1.33 bits per heavy atom. The maximum atomic E-state index is 12.3. The van der Waals surface area contributed by atoms with Crippen molar-refractivity contribution in [3.05, 3.63) is 0 Å². The van der Waals surface area contributed by atoms with Gasteiger partial charge in [0.1, 0.15) is 0 Å². The highest BCUT2D eigenvalue weighted by Crippen LogP contribution is 2.22. The van der Waals surface area contributed by atoms with Gasteiger partial charge in [-0.05, 0) is 38.1 Å². The molecule has 0 bridgehead atoms. The zero-order valence-corrected chi connectivity index (χ0v) is 13.2. The molecule has 1 aliphatic carbocycles. The zero-order chi connectivity index (χ0) is 15.4. The third-order valence-corrected chi connectivity index (χ3v) is 4.56. The summed E-state index contributed by atoms with van der Waals surface area (Å²) in [4.78, 5) is 27.7. The van der Waals surface area contributed by atoms with Crippen molar-refractivity contribution in [1.82, 2.24) is 15.1 Å². The molecule has 21 heavy (non-hydrogen) atoms. The molecule has 2 atom stereocenters. The molecular weight excluding hydrogens is 268 g/mol. The summed E-state index contributed by atoms with van der Waals surface area (Å²) in [5.41, 5.74) is 5.85. The Hall–Kier alpha value is -1.14. The van der Waals surface area contributed by atoms with Gasteiger partial charge < -0.3 is 16.0 Å². The second kappa shape index (κ2) is 7.22. The molecule has 0 aromatic heterocycles. The first-order valence-electron chi connectivity index (χ1n) is 7.98. The Morgan fingerprint density at radius 2 is 2.05 bits per heavy atom. The first kappa shape index (κ1) is 16.2. The van der Waals surface area contributed by atoms with Crippen molar-refractivity contribution in [3.63, 3.8) is 0 Å². The first-order valence-corrected chi connectivity index (χ1v) is 7.98. The number of hydrogen-bond acceptors (Lipinski definition) is 4. The molecule has 120 valence electrons. The van der Waals surface area contributed by atoms with Crippen LogP contribution in [0.25, 0.3) is 0 Å². The van der Waals surface area contributed by atoms with Gasteiger partial charge in [0.25, 0.3) is 0 Å². The summed E-state index contributed by atoms with van der Waals surface area (Å²) >= 11 is 0. The lowest BCUT2D eigenvalue weighted by atomic mass is 9.91. The highest BCUT2D eigenvalue weighted by molar-refractivity contribution is 5.85. The molecule has 2 fully saturated rings. The van der Waals surface area contributed by atoms with Gasteiger partial charge >= 0.3 is 0 Å². The lowest BCUT2D eigenvalue weighted by Crippen LogP contribution is -2.52. The third kappa shape index (κ3) is 4.68. The second-order valence-corrected chi connectivity index (χ2v) is 6.48. The second-order valence-electron chi connectivity index (χ2n) is 6.48. The Bertz CT molecular complexity index is 384. The van der Waals surface area contributed by atoms with Crippen molar-refractivity contribution in [2.75, 3.05) is 33.2 Å². The lowest BCUT2D eigenvalue weighted by molar-refractivity contribution is -0.136. The summed E-state index contributed by atoms with van der Waals surface area (Å²) in [5.74, 6) is 0.462. The lowest BCUT2D eigenvalue weighted by Gasteiger charge is -2.39. The van der Waals surface area contributed by atoms with Gasteiger partial charge in [0, 0.05) is 25.7 Å². The van der Waals surface area contributed by atoms with Crippen molar-refractivity contribution in [3.8, 4) is 0 Å². The maximum Gasteiger partial charge on any atom is 0.239 e. The van der Waals surface area contributed by atoms with Crippen molar-refractivity contribution in [2.45, 2.75) is 44.7 Å². The van der Waals surface area contributed by atoms with E-state index in [-0.39, 0.29) is 24.4 Å². The number of likely N-dealkylation sites (N-methyl/N-ethyl adjacent to an activating group) is 1. The highest BCUT2D eigenvalue weighted by Gasteiger charge is 2.30. The average molecular weight is 296 g/mol. The van der Waals surface area contributed by atoms with Gasteiger partial charge in [-0.1, -0.05) is 6.92 Å². The molecule has 6 nitrogen and oxygen atoms in total. The summed E-state index contributed by atoms with van der Waals surface area (Å²) in [5, 5.41) is 2.90. The molecule has 0 aromatic carbocycles. The molecule has 1 aliphatic heterocycles. The molecule has 3 N–H and O–H groups in total. The SMILES string of the molecule is CC1CCCN(CC(=O)N(C)CC(=O)NC2CC2)C1CN. The number of amides is 2. The Morgan fingerprint density at radius 3 is 2.67 bits per heavy atom. The Labute approximate surface area is 127 Å². The molecule has 1 saturated heterocycles. The maximum absolute atomic E-state index is 12.3. The molecular formula is C15H28N4O2. The number of nitrogens with two attached hydrogens (primary N) is 1. The van der Waals surface area contributed by atoms with E-state index in [4.69, 9.17) is 5.73 Å². The number of nitrogens with one attached hydrogen (secondary N) is 1. The molecule has 0 spiro atoms. The zero-order valence-electron chi connectivity index (χ0n) is 13.2. The summed E-state index contributed by atoms with van der Waals surface area (Å²) in [6.07, 6.45) is 4.41. The Balaban J connectivity index is 1.79. The van der Waals surface area contributed by atoms with Crippen LogP contribution in [0.3, 0.4) is 0 Å². The normalized spacial score (nSPS) is 26.4. The molecule has 0 aromatic rings. The van der Waals surface area contributed by atoms with Crippen molar-refractivity contribution in [2.24, 2.45) is 11.7 Å². The topological polar surface area (TPSA) is 78.7 Å². The smallest absolute Gasteiger partial charge is 0.239 e. The molecule has 1 saturated carbocycles. The fourth-order valence-electron chi connectivity index (χ4n) is 3.01. The fourth-order valence-corrected chi connectivity index (χ4v) is 3.01. The van der Waals surface area contributed by atoms with Crippen LogP contribution in [0, 0.1) is 5.92 Å². The van der Waals surface area contributed by atoms with E-state index in [9.17, 15) is 9.59 Å². The van der Waals surface area contributed by atoms with E-state index in [1.807, 2.05) is 0 Å². The minimum Gasteiger partial charge on any atom is -0.352 e. The van der Waals surface area contributed by atoms with Crippen LogP contribution >= 0.6 is 0 Å². The number of hydrogen-bond donors (Lipinski definition) is 2. The minimum absolute atomic E-state index is 0.00602. The number of carbonyl (C=O) groups excluding carboxylic acids is 2. The minimum atomic E-state index is -0.0595. The average Bonchev–Trinajstić information content (AvgIpc) is 3.22. The molecule has 2 aliphatic rings. The molecule has 1 heterocycles. The largest absolute Gasteiger partial charge is 0.352 e. The van der Waals surface area contributed by atoms with Crippen LogP contribution in [0.15, 0.2) is 0 Å². The molecule has 2 unspecified atom stereocenters. The van der Waals surface area contributed by atoms with Gasteiger partial charge in [0.15, 0.2) is 0 Å². The van der Waals surface area contributed by atoms with Gasteiger partial charge in [-0.15, -0.1) is 0 Å².